The third-order valence-electron chi connectivity index (χ3n) is 6.87. The molecule has 1 unspecified atom stereocenters. The zero-order valence-corrected chi connectivity index (χ0v) is 31.6. The molecule has 0 aliphatic heterocycles. The Morgan fingerprint density at radius 2 is 0.976 bits per heavy atom. The molecule has 0 spiro atoms. The summed E-state index contributed by atoms with van der Waals surface area (Å²) in [5, 5.41) is 1.58. The van der Waals surface area contributed by atoms with Crippen LogP contribution in [0.25, 0.3) is 0 Å². The molecule has 0 saturated carbocycles. The normalized spacial score (nSPS) is 18.8. The van der Waals surface area contributed by atoms with Crippen LogP contribution in [0.3, 0.4) is 0 Å². The van der Waals surface area contributed by atoms with Gasteiger partial charge >= 0.3 is 30.2 Å². The van der Waals surface area contributed by atoms with Crippen LogP contribution in [0, 0.1) is 27.0 Å². The number of halogens is 4. The molecule has 0 bridgehead atoms. The molecule has 4 aliphatic carbocycles. The molecule has 4 aliphatic rings. The molecule has 2 atom stereocenters. The van der Waals surface area contributed by atoms with Gasteiger partial charge in [-0.25, -0.2) is 0 Å². The fourth-order valence-electron chi connectivity index (χ4n) is 5.15. The second-order valence-electron chi connectivity index (χ2n) is 9.51. The summed E-state index contributed by atoms with van der Waals surface area (Å²) in [6.07, 6.45) is 26.4. The van der Waals surface area contributed by atoms with Gasteiger partial charge in [0.15, 0.2) is 0 Å². The van der Waals surface area contributed by atoms with E-state index in [2.05, 4.69) is 98.9 Å². The zero-order chi connectivity index (χ0) is 27.1. The second-order valence-corrected chi connectivity index (χ2v) is 10.4. The summed E-state index contributed by atoms with van der Waals surface area (Å²) in [6.45, 7) is 6.16. The van der Waals surface area contributed by atoms with E-state index in [1.54, 1.807) is 23.3 Å². The van der Waals surface area contributed by atoms with E-state index in [0.717, 1.165) is 22.9 Å². The Morgan fingerprint density at radius 1 is 0.643 bits per heavy atom. The topological polar surface area (TPSA) is 0 Å². The van der Waals surface area contributed by atoms with Gasteiger partial charge in [-0.15, -0.1) is 72.4 Å². The minimum absolute atomic E-state index is 0. The van der Waals surface area contributed by atoms with Gasteiger partial charge in [0, 0.05) is 10.0 Å². The predicted molar refractivity (Wildman–Crippen MR) is 189 cm³/mol. The van der Waals surface area contributed by atoms with Crippen LogP contribution < -0.4 is 0 Å². The summed E-state index contributed by atoms with van der Waals surface area (Å²) in [5.74, 6) is 0.828. The van der Waals surface area contributed by atoms with Crippen LogP contribution in [-0.2, 0) is 23.3 Å². The Bertz CT molecular complexity index is 1310. The van der Waals surface area contributed by atoms with E-state index in [9.17, 15) is 0 Å². The van der Waals surface area contributed by atoms with E-state index in [1.807, 2.05) is 31.1 Å². The average molecular weight is 732 g/mol. The molecule has 0 nitrogen and oxygen atoms in total. The molecule has 6 rings (SSSR count). The van der Waals surface area contributed by atoms with Crippen molar-refractivity contribution in [2.24, 2.45) is 0 Å². The van der Waals surface area contributed by atoms with Crippen molar-refractivity contribution in [1.29, 1.82) is 0 Å². The molecular weight excluding hydrogens is 694 g/mol. The van der Waals surface area contributed by atoms with Crippen molar-refractivity contribution >= 4 is 54.9 Å². The van der Waals surface area contributed by atoms with E-state index in [0.29, 0.717) is 11.8 Å². The maximum absolute atomic E-state index is 5.96. The van der Waals surface area contributed by atoms with Crippen molar-refractivity contribution in [3.63, 3.8) is 0 Å². The molecule has 42 heavy (non-hydrogen) atoms. The van der Waals surface area contributed by atoms with Crippen molar-refractivity contribution in [3.8, 4) is 0 Å². The molecule has 222 valence electrons. The Labute approximate surface area is 293 Å². The molecular formula is C36H38Cl4SiZr-4. The van der Waals surface area contributed by atoms with Crippen molar-refractivity contribution in [2.45, 2.75) is 38.5 Å². The van der Waals surface area contributed by atoms with Gasteiger partial charge in [0.25, 0.3) is 0 Å². The molecule has 6 heteroatoms. The monoisotopic (exact) mass is 728 g/mol. The molecule has 0 amide bonds. The quantitative estimate of drug-likeness (QED) is 0.213. The van der Waals surface area contributed by atoms with Gasteiger partial charge in [-0.3, -0.25) is 0 Å². The van der Waals surface area contributed by atoms with Crippen LogP contribution in [0.4, 0.5) is 0 Å². The zero-order valence-electron chi connectivity index (χ0n) is 24.6. The van der Waals surface area contributed by atoms with Crippen molar-refractivity contribution in [1.82, 2.24) is 0 Å². The molecule has 2 aromatic rings. The van der Waals surface area contributed by atoms with Crippen LogP contribution in [0.2, 0.25) is 10.0 Å². The second kappa shape index (κ2) is 19.8. The number of benzene rings is 2. The molecule has 0 aromatic heterocycles. The molecule has 0 radical (unpaired) electrons. The van der Waals surface area contributed by atoms with E-state index in [4.69, 9.17) is 23.2 Å². The summed E-state index contributed by atoms with van der Waals surface area (Å²) >= 11 is 13.5. The number of hydrogen-bond donors (Lipinski definition) is 0. The van der Waals surface area contributed by atoms with E-state index in [-0.39, 0.29) is 39.7 Å². The fourth-order valence-corrected chi connectivity index (χ4v) is 5.40. The number of fused-ring (bicyclic) bond motifs is 2. The summed E-state index contributed by atoms with van der Waals surface area (Å²) in [5.41, 5.74) is 10.3. The molecule has 0 heterocycles. The molecule has 2 aromatic carbocycles. The van der Waals surface area contributed by atoms with Crippen LogP contribution >= 0.6 is 48.0 Å². The first-order chi connectivity index (χ1) is 18.5. The first kappa shape index (κ1) is 40.6. The third-order valence-corrected chi connectivity index (χ3v) is 7.37. The first-order valence-corrected chi connectivity index (χ1v) is 19.4. The minimum atomic E-state index is 0. The van der Waals surface area contributed by atoms with E-state index < -0.39 is 0 Å². The standard InChI is InChI=1S/2C17H14Cl.2CH3.2ClH.H2Si.Zr/c2*1-12-10-14-4-2-3-5-16(17(14)11-12)13-6-8-15(18)9-7-13;;;;;;/h2*2-4,6-9,11,16H,5H2,1H3;2*1H3;2*1H;1H2;/q4*-1;;;;/t16-;;;;;;;/m1......./s1. The number of rotatable bonds is 2. The summed E-state index contributed by atoms with van der Waals surface area (Å²) in [6, 6.07) is 16.4. The van der Waals surface area contributed by atoms with Crippen LogP contribution in [-0.4, -0.2) is 6.88 Å². The van der Waals surface area contributed by atoms with Crippen LogP contribution in [0.5, 0.6) is 0 Å². The van der Waals surface area contributed by atoms with Gasteiger partial charge in [0.05, 0.1) is 0 Å². The van der Waals surface area contributed by atoms with Gasteiger partial charge in [-0.05, 0) is 60.1 Å². The maximum atomic E-state index is 5.96. The Hall–Kier alpha value is -1.38. The summed E-state index contributed by atoms with van der Waals surface area (Å²) < 4.78 is 0. The van der Waals surface area contributed by atoms with Gasteiger partial charge in [0.1, 0.15) is 0 Å². The number of hydrogen-bond acceptors (Lipinski definition) is 0. The predicted octanol–water partition coefficient (Wildman–Crippen LogP) is 10.8. The number of allylic oxidation sites excluding steroid dienone is 16. The summed E-state index contributed by atoms with van der Waals surface area (Å²) in [7, 11) is 0. The van der Waals surface area contributed by atoms with Crippen molar-refractivity contribution in [2.75, 3.05) is 0 Å². The Morgan fingerprint density at radius 3 is 1.31 bits per heavy atom. The SMILES string of the molecule is CC1=[C-]C2=CC=CCC(c3ccc(Cl)cc3)C2=C1.CC1=[C-]C2=CC=CC[C@H](c3ccc(Cl)cc3)C2=C1.Cl.Cl.[CH3-].[CH3-].[SiH2]=[Zr]. The van der Waals surface area contributed by atoms with Gasteiger partial charge in [-0.2, -0.15) is 34.4 Å². The van der Waals surface area contributed by atoms with Gasteiger partial charge < -0.3 is 14.9 Å². The van der Waals surface area contributed by atoms with Crippen molar-refractivity contribution in [3.05, 3.63) is 179 Å². The van der Waals surface area contributed by atoms with Crippen LogP contribution in [0.15, 0.2) is 131 Å². The Kier molecular flexibility index (Phi) is 19.2. The molecule has 0 saturated heterocycles. The summed E-state index contributed by atoms with van der Waals surface area (Å²) in [4.78, 5) is 0. The fraction of sp³-hybridized carbons (Fsp3) is 0.167. The van der Waals surface area contributed by atoms with Crippen molar-refractivity contribution < 1.29 is 23.3 Å². The molecule has 0 fully saturated rings. The average Bonchev–Trinajstić information content (AvgIpc) is 3.34. The Balaban J connectivity index is 0.000000694. The van der Waals surface area contributed by atoms with E-state index >= 15 is 0 Å². The van der Waals surface area contributed by atoms with E-state index in [1.165, 1.54) is 44.6 Å². The first-order valence-electron chi connectivity index (χ1n) is 12.7. The third kappa shape index (κ3) is 10.4. The van der Waals surface area contributed by atoms with Gasteiger partial charge in [-0.1, -0.05) is 73.5 Å². The molecule has 0 N–H and O–H groups in total. The van der Waals surface area contributed by atoms with Gasteiger partial charge in [0.2, 0.25) is 0 Å². The van der Waals surface area contributed by atoms with Crippen LogP contribution in [0.1, 0.15) is 49.7 Å².